The van der Waals surface area contributed by atoms with Crippen molar-refractivity contribution < 1.29 is 96.0 Å². The third kappa shape index (κ3) is 10.9. The first-order valence-corrected chi connectivity index (χ1v) is 20.1. The van der Waals surface area contributed by atoms with Crippen LogP contribution in [0.15, 0.2) is 50.5 Å². The molecule has 5 heterocycles. The van der Waals surface area contributed by atoms with Crippen molar-refractivity contribution in [3.8, 4) is 0 Å². The zero-order chi connectivity index (χ0) is 46.7. The van der Waals surface area contributed by atoms with Gasteiger partial charge in [-0.1, -0.05) is 31.1 Å². The van der Waals surface area contributed by atoms with Gasteiger partial charge in [0.25, 0.3) is 0 Å². The Morgan fingerprint density at radius 3 is 1.78 bits per heavy atom. The molecule has 4 aliphatic heterocycles. The van der Waals surface area contributed by atoms with Gasteiger partial charge in [0, 0.05) is 60.0 Å². The van der Waals surface area contributed by atoms with Gasteiger partial charge in [0.2, 0.25) is 0 Å². The SMILES string of the molecule is C/C1=C2/[N-]C(=CC3=N/C(=C\C4=NC(=C(CCC(=O)O)C4CC(=O)O)Cc4[n-]c1c(CC(=O)O)c4CCC(=O)O)[C@@H](CCC(=O)O)[C@]3(C)CC(=O)O)[C@@H](CCC(=O)O)[C@]2(C)CC(=O)O.[Co+2]. The minimum atomic E-state index is -1.52. The second-order valence-corrected chi connectivity index (χ2v) is 16.7. The van der Waals surface area contributed by atoms with E-state index in [1.54, 1.807) is 13.8 Å². The predicted octanol–water partition coefficient (Wildman–Crippen LogP) is 4.77. The summed E-state index contributed by atoms with van der Waals surface area (Å²) >= 11 is 0. The Morgan fingerprint density at radius 1 is 0.672 bits per heavy atom. The number of aliphatic imine (C=N–C) groups is 2. The topological polar surface area (TPSA) is 351 Å². The molecule has 8 bridgehead atoms. The maximum Gasteiger partial charge on any atom is 2.00 e. The molecular formula is C43H48CoN4O16. The maximum absolute atomic E-state index is 12.7. The van der Waals surface area contributed by atoms with Gasteiger partial charge in [-0.05, 0) is 67.6 Å². The molecule has 1 aromatic rings. The second-order valence-electron chi connectivity index (χ2n) is 16.7. The molecule has 20 nitrogen and oxygen atoms in total. The van der Waals surface area contributed by atoms with Gasteiger partial charge in [-0.15, -0.1) is 11.4 Å². The van der Waals surface area contributed by atoms with E-state index < -0.39 is 128 Å². The summed E-state index contributed by atoms with van der Waals surface area (Å²) in [6.07, 6.45) is -2.55. The average Bonchev–Trinajstić information content (AvgIpc) is 3.80. The number of allylic oxidation sites excluding steroid dienone is 8. The molecule has 1 unspecified atom stereocenters. The first kappa shape index (κ1) is 50.3. The van der Waals surface area contributed by atoms with Crippen LogP contribution >= 0.6 is 0 Å². The first-order valence-electron chi connectivity index (χ1n) is 20.1. The fraction of sp³-hybridized carbons (Fsp3) is 0.488. The monoisotopic (exact) mass is 935 g/mol. The van der Waals surface area contributed by atoms with Crippen LogP contribution in [-0.2, 0) is 74.4 Å². The smallest absolute Gasteiger partial charge is 0.664 e. The van der Waals surface area contributed by atoms with Crippen molar-refractivity contribution in [2.24, 2.45) is 38.6 Å². The van der Waals surface area contributed by atoms with Gasteiger partial charge in [-0.25, -0.2) is 0 Å². The normalized spacial score (nSPS) is 25.5. The van der Waals surface area contributed by atoms with Crippen molar-refractivity contribution in [2.75, 3.05) is 0 Å². The van der Waals surface area contributed by atoms with Gasteiger partial charge in [-0.2, -0.15) is 11.4 Å². The van der Waals surface area contributed by atoms with Crippen molar-refractivity contribution in [1.82, 2.24) is 4.98 Å². The molecule has 5 atom stereocenters. The summed E-state index contributed by atoms with van der Waals surface area (Å²) in [6.45, 7) is 4.63. The third-order valence-electron chi connectivity index (χ3n) is 12.4. The number of rotatable bonds is 20. The number of nitrogens with zero attached hydrogens (tertiary/aromatic N) is 4. The van der Waals surface area contributed by atoms with E-state index in [4.69, 9.17) is 20.3 Å². The number of aliphatic carboxylic acids is 8. The number of carboxylic acid groups (broad SMARTS) is 8. The molecule has 1 aromatic heterocycles. The van der Waals surface area contributed by atoms with Crippen LogP contribution in [0.4, 0.5) is 0 Å². The van der Waals surface area contributed by atoms with Crippen LogP contribution in [0.25, 0.3) is 10.9 Å². The Hall–Kier alpha value is -6.35. The molecule has 345 valence electrons. The van der Waals surface area contributed by atoms with Crippen molar-refractivity contribution in [3.05, 3.63) is 68.3 Å². The van der Waals surface area contributed by atoms with Gasteiger partial charge in [0.05, 0.1) is 31.4 Å². The van der Waals surface area contributed by atoms with E-state index in [0.717, 1.165) is 0 Å². The molecule has 21 heteroatoms. The molecule has 1 saturated heterocycles. The average molecular weight is 936 g/mol. The summed E-state index contributed by atoms with van der Waals surface area (Å²) in [4.78, 5) is 113. The van der Waals surface area contributed by atoms with Gasteiger partial charge in [0.15, 0.2) is 0 Å². The van der Waals surface area contributed by atoms with Crippen LogP contribution in [0.5, 0.6) is 0 Å². The van der Waals surface area contributed by atoms with E-state index in [1.165, 1.54) is 19.1 Å². The Bertz CT molecular complexity index is 2370. The van der Waals surface area contributed by atoms with Gasteiger partial charge in [-0.3, -0.25) is 48.3 Å². The standard InChI is InChI=1S/C43H49N4O16.Co/c1-19-40-23(13-37(58)59)21(5-9-33(50)51)27(46-40)14-26-20(4-8-32(48)49)22(12-36(56)57)28(44-26)15-29-24(6-10-34(52)53)42(2,17-38(60)61)31(45-29)16-30-25(7-11-35(54)55)43(3,18-39(62)63)41(19)47-30;/h15-16,22,24-25H,4-14,17-18H2,1-3H3,(H9,44,45,47,48,49,50,51,52,53,54,55,56,57,58,59,60,61,62,63);/q-1;+2/p-1/b41-19-;/t22?,24-,25-,42+,43+;/m1./s1. The van der Waals surface area contributed by atoms with E-state index in [2.05, 4.69) is 0 Å². The van der Waals surface area contributed by atoms with Crippen LogP contribution in [0.1, 0.15) is 107 Å². The molecule has 1 fully saturated rings. The summed E-state index contributed by atoms with van der Waals surface area (Å²) in [5.41, 5.74) is -1.50. The van der Waals surface area contributed by atoms with E-state index in [9.17, 15) is 79.2 Å². The minimum Gasteiger partial charge on any atom is -0.664 e. The van der Waals surface area contributed by atoms with Crippen molar-refractivity contribution in [2.45, 2.75) is 104 Å². The third-order valence-corrected chi connectivity index (χ3v) is 12.4. The zero-order valence-corrected chi connectivity index (χ0v) is 36.1. The van der Waals surface area contributed by atoms with E-state index >= 15 is 0 Å². The summed E-state index contributed by atoms with van der Waals surface area (Å²) in [7, 11) is 0. The predicted molar refractivity (Wildman–Crippen MR) is 219 cm³/mol. The number of carboxylic acids is 8. The number of carbonyl (C=O) groups is 8. The molecule has 0 saturated carbocycles. The van der Waals surface area contributed by atoms with E-state index in [1.807, 2.05) is 0 Å². The first-order chi connectivity index (χ1) is 29.4. The Labute approximate surface area is 375 Å². The largest absolute Gasteiger partial charge is 2.00 e. The molecule has 8 N–H and O–H groups in total. The van der Waals surface area contributed by atoms with Gasteiger partial charge >= 0.3 is 64.5 Å². The fourth-order valence-corrected chi connectivity index (χ4v) is 9.58. The molecule has 64 heavy (non-hydrogen) atoms. The number of fused-ring (bicyclic) bond motifs is 6. The van der Waals surface area contributed by atoms with E-state index in [0.29, 0.717) is 0 Å². The van der Waals surface area contributed by atoms with Crippen molar-refractivity contribution in [1.29, 1.82) is 0 Å². The van der Waals surface area contributed by atoms with Crippen LogP contribution in [0.2, 0.25) is 0 Å². The molecular weight excluding hydrogens is 887 g/mol. The molecule has 1 radical (unpaired) electrons. The van der Waals surface area contributed by atoms with Gasteiger partial charge in [0.1, 0.15) is 0 Å². The summed E-state index contributed by atoms with van der Waals surface area (Å²) < 4.78 is 0. The van der Waals surface area contributed by atoms with Crippen LogP contribution in [0.3, 0.4) is 0 Å². The second kappa shape index (κ2) is 20.0. The van der Waals surface area contributed by atoms with E-state index in [-0.39, 0.29) is 117 Å². The molecule has 0 aliphatic carbocycles. The number of aromatic nitrogens is 1. The van der Waals surface area contributed by atoms with Crippen LogP contribution in [0, 0.1) is 28.6 Å². The summed E-state index contributed by atoms with van der Waals surface area (Å²) in [5, 5.41) is 85.0. The van der Waals surface area contributed by atoms with Crippen molar-refractivity contribution >= 4 is 64.8 Å². The number of hydrogen-bond acceptors (Lipinski definition) is 10. The Kier molecular flexibility index (Phi) is 15.7. The molecule has 5 rings (SSSR count). The molecule has 4 aliphatic rings. The molecule has 0 aromatic carbocycles. The minimum absolute atomic E-state index is 0. The number of hydrogen-bond donors (Lipinski definition) is 8. The maximum atomic E-state index is 12.7. The Morgan fingerprint density at radius 2 is 1.23 bits per heavy atom. The summed E-state index contributed by atoms with van der Waals surface area (Å²) in [6, 6.07) is 0. The summed E-state index contributed by atoms with van der Waals surface area (Å²) in [5.74, 6) is -13.1. The molecule has 0 spiro atoms. The van der Waals surface area contributed by atoms with Crippen LogP contribution < -0.4 is 4.98 Å². The quantitative estimate of drug-likeness (QED) is 0.0872. The van der Waals surface area contributed by atoms with Gasteiger partial charge < -0.3 is 51.2 Å². The molecule has 0 amide bonds. The Balaban J connectivity index is 0.00000898. The zero-order valence-electron chi connectivity index (χ0n) is 35.0. The van der Waals surface area contributed by atoms with Crippen molar-refractivity contribution in [3.63, 3.8) is 0 Å². The fourth-order valence-electron chi connectivity index (χ4n) is 9.58. The van der Waals surface area contributed by atoms with Crippen LogP contribution in [-0.4, -0.2) is 100 Å².